The van der Waals surface area contributed by atoms with E-state index in [0.29, 0.717) is 36.1 Å². The van der Waals surface area contributed by atoms with Crippen molar-refractivity contribution in [2.45, 2.75) is 52.0 Å². The second-order valence-electron chi connectivity index (χ2n) is 5.58. The third-order valence-electron chi connectivity index (χ3n) is 4.08. The lowest BCUT2D eigenvalue weighted by Crippen LogP contribution is -2.51. The standard InChI is InChI=1S/C15H19NO5/c1-4-15(3,14(19)20)16-13(18)12-8(2)11-9(17)6-5-7-10(11)21-12/h4-7H2,1-3H3,(H,16,18)(H,19,20). The summed E-state index contributed by atoms with van der Waals surface area (Å²) in [6.07, 6.45) is 2.03. The molecule has 0 spiro atoms. The lowest BCUT2D eigenvalue weighted by atomic mass is 9.93. The van der Waals surface area contributed by atoms with Gasteiger partial charge in [-0.1, -0.05) is 6.92 Å². The van der Waals surface area contributed by atoms with Gasteiger partial charge in [0.25, 0.3) is 5.91 Å². The van der Waals surface area contributed by atoms with Crippen LogP contribution in [-0.2, 0) is 11.2 Å². The minimum atomic E-state index is -1.36. The SMILES string of the molecule is CCC(C)(NC(=O)c1oc2c(c1C)C(=O)CCC2)C(=O)O. The number of fused-ring (bicyclic) bond motifs is 1. The van der Waals surface area contributed by atoms with Gasteiger partial charge in [-0.15, -0.1) is 0 Å². The van der Waals surface area contributed by atoms with Gasteiger partial charge in [0.2, 0.25) is 0 Å². The molecule has 1 aromatic heterocycles. The van der Waals surface area contributed by atoms with Crippen LogP contribution in [0.4, 0.5) is 0 Å². The number of Topliss-reactive ketones (excluding diaryl/α,β-unsaturated/α-hetero) is 1. The van der Waals surface area contributed by atoms with Crippen LogP contribution in [0.2, 0.25) is 0 Å². The molecule has 1 aromatic rings. The third kappa shape index (κ3) is 2.57. The molecule has 1 aliphatic carbocycles. The van der Waals surface area contributed by atoms with Crippen molar-refractivity contribution in [3.8, 4) is 0 Å². The fourth-order valence-corrected chi connectivity index (χ4v) is 2.47. The molecule has 0 aliphatic heterocycles. The Morgan fingerprint density at radius 3 is 2.57 bits per heavy atom. The first kappa shape index (κ1) is 15.3. The summed E-state index contributed by atoms with van der Waals surface area (Å²) in [5, 5.41) is 11.7. The highest BCUT2D eigenvalue weighted by atomic mass is 16.4. The van der Waals surface area contributed by atoms with Gasteiger partial charge in [-0.25, -0.2) is 4.79 Å². The normalized spacial score (nSPS) is 17.0. The number of nitrogens with one attached hydrogen (secondary N) is 1. The number of carbonyl (C=O) groups excluding carboxylic acids is 2. The summed E-state index contributed by atoms with van der Waals surface area (Å²) >= 11 is 0. The molecule has 0 saturated carbocycles. The summed E-state index contributed by atoms with van der Waals surface area (Å²) in [6.45, 7) is 4.78. The van der Waals surface area contributed by atoms with Gasteiger partial charge in [0.1, 0.15) is 11.3 Å². The van der Waals surface area contributed by atoms with Crippen LogP contribution in [-0.4, -0.2) is 28.3 Å². The number of carboxylic acid groups (broad SMARTS) is 1. The van der Waals surface area contributed by atoms with Gasteiger partial charge in [0.15, 0.2) is 11.5 Å². The molecule has 0 fully saturated rings. The monoisotopic (exact) mass is 293 g/mol. The lowest BCUT2D eigenvalue weighted by molar-refractivity contribution is -0.143. The first-order valence-electron chi connectivity index (χ1n) is 7.01. The van der Waals surface area contributed by atoms with Crippen molar-refractivity contribution in [1.82, 2.24) is 5.32 Å². The van der Waals surface area contributed by atoms with E-state index < -0.39 is 17.4 Å². The topological polar surface area (TPSA) is 96.6 Å². The molecule has 1 heterocycles. The van der Waals surface area contributed by atoms with Crippen LogP contribution in [0.5, 0.6) is 0 Å². The molecule has 2 rings (SSSR count). The Morgan fingerprint density at radius 1 is 1.38 bits per heavy atom. The molecule has 1 atom stereocenters. The van der Waals surface area contributed by atoms with Crippen LogP contribution < -0.4 is 5.32 Å². The smallest absolute Gasteiger partial charge is 0.329 e. The third-order valence-corrected chi connectivity index (χ3v) is 4.08. The van der Waals surface area contributed by atoms with Crippen LogP contribution in [0.1, 0.15) is 65.3 Å². The van der Waals surface area contributed by atoms with Crippen LogP contribution in [0, 0.1) is 6.92 Å². The minimum Gasteiger partial charge on any atom is -0.480 e. The van der Waals surface area contributed by atoms with Crippen LogP contribution in [0.15, 0.2) is 4.42 Å². The Kier molecular flexibility index (Phi) is 3.89. The zero-order chi connectivity index (χ0) is 15.8. The zero-order valence-electron chi connectivity index (χ0n) is 12.4. The van der Waals surface area contributed by atoms with E-state index in [0.717, 1.165) is 0 Å². The molecule has 6 heteroatoms. The van der Waals surface area contributed by atoms with Crippen molar-refractivity contribution in [2.75, 3.05) is 0 Å². The molecule has 0 aromatic carbocycles. The van der Waals surface area contributed by atoms with Crippen LogP contribution in [0.3, 0.4) is 0 Å². The molecular formula is C15H19NO5. The van der Waals surface area contributed by atoms with Crippen molar-refractivity contribution < 1.29 is 23.9 Å². The zero-order valence-corrected chi connectivity index (χ0v) is 12.4. The number of hydrogen-bond acceptors (Lipinski definition) is 4. The number of carboxylic acids is 1. The van der Waals surface area contributed by atoms with Crippen molar-refractivity contribution >= 4 is 17.7 Å². The van der Waals surface area contributed by atoms with Gasteiger partial charge >= 0.3 is 5.97 Å². The Morgan fingerprint density at radius 2 is 2.05 bits per heavy atom. The van der Waals surface area contributed by atoms with Crippen LogP contribution in [0.25, 0.3) is 0 Å². The van der Waals surface area contributed by atoms with E-state index in [1.807, 2.05) is 0 Å². The molecule has 0 saturated heterocycles. The summed E-state index contributed by atoms with van der Waals surface area (Å²) in [7, 11) is 0. The van der Waals surface area contributed by atoms with Crippen molar-refractivity contribution in [2.24, 2.45) is 0 Å². The summed E-state index contributed by atoms with van der Waals surface area (Å²) < 4.78 is 5.51. The maximum Gasteiger partial charge on any atom is 0.329 e. The molecule has 2 N–H and O–H groups in total. The highest BCUT2D eigenvalue weighted by molar-refractivity contribution is 6.04. The average molecular weight is 293 g/mol. The number of furan rings is 1. The maximum absolute atomic E-state index is 12.3. The summed E-state index contributed by atoms with van der Waals surface area (Å²) in [4.78, 5) is 35.4. The molecule has 114 valence electrons. The summed E-state index contributed by atoms with van der Waals surface area (Å²) in [6, 6.07) is 0. The predicted molar refractivity (Wildman–Crippen MR) is 74.5 cm³/mol. The number of rotatable bonds is 4. The number of amides is 1. The summed E-state index contributed by atoms with van der Waals surface area (Å²) in [5.41, 5.74) is -0.378. The Balaban J connectivity index is 2.33. The van der Waals surface area contributed by atoms with Crippen molar-refractivity contribution in [1.29, 1.82) is 0 Å². The number of ketones is 1. The van der Waals surface area contributed by atoms with Gasteiger partial charge in [0, 0.05) is 18.4 Å². The highest BCUT2D eigenvalue weighted by Gasteiger charge is 2.36. The van der Waals surface area contributed by atoms with E-state index in [1.54, 1.807) is 13.8 Å². The number of aliphatic carboxylic acids is 1. The maximum atomic E-state index is 12.3. The van der Waals surface area contributed by atoms with E-state index in [4.69, 9.17) is 4.42 Å². The first-order valence-corrected chi connectivity index (χ1v) is 7.01. The van der Waals surface area contributed by atoms with Gasteiger partial charge in [-0.3, -0.25) is 9.59 Å². The van der Waals surface area contributed by atoms with Crippen molar-refractivity contribution in [3.63, 3.8) is 0 Å². The van der Waals surface area contributed by atoms with Crippen molar-refractivity contribution in [3.05, 3.63) is 22.6 Å². The number of aryl methyl sites for hydroxylation is 1. The predicted octanol–water partition coefficient (Wildman–Crippen LogP) is 2.09. The highest BCUT2D eigenvalue weighted by Crippen LogP contribution is 2.29. The minimum absolute atomic E-state index is 0.0203. The van der Waals surface area contributed by atoms with E-state index in [-0.39, 0.29) is 18.0 Å². The molecule has 1 aliphatic rings. The van der Waals surface area contributed by atoms with Crippen LogP contribution >= 0.6 is 0 Å². The Bertz CT molecular complexity index is 616. The van der Waals surface area contributed by atoms with Gasteiger partial charge in [0.05, 0.1) is 5.56 Å². The Labute approximate surface area is 122 Å². The molecule has 0 bridgehead atoms. The molecule has 1 unspecified atom stereocenters. The lowest BCUT2D eigenvalue weighted by Gasteiger charge is -2.24. The van der Waals surface area contributed by atoms with Gasteiger partial charge in [-0.05, 0) is 26.7 Å². The quantitative estimate of drug-likeness (QED) is 0.886. The van der Waals surface area contributed by atoms with E-state index >= 15 is 0 Å². The number of carbonyl (C=O) groups is 3. The largest absolute Gasteiger partial charge is 0.480 e. The fourth-order valence-electron chi connectivity index (χ4n) is 2.47. The van der Waals surface area contributed by atoms with E-state index in [1.165, 1.54) is 6.92 Å². The second kappa shape index (κ2) is 5.35. The number of hydrogen-bond donors (Lipinski definition) is 2. The molecule has 0 radical (unpaired) electrons. The van der Waals surface area contributed by atoms with Gasteiger partial charge < -0.3 is 14.8 Å². The van der Waals surface area contributed by atoms with E-state index in [2.05, 4.69) is 5.32 Å². The molecule has 6 nitrogen and oxygen atoms in total. The average Bonchev–Trinajstić information content (AvgIpc) is 2.77. The Hall–Kier alpha value is -2.11. The summed E-state index contributed by atoms with van der Waals surface area (Å²) in [5.74, 6) is -1.16. The molecular weight excluding hydrogens is 274 g/mol. The molecule has 1 amide bonds. The van der Waals surface area contributed by atoms with Gasteiger partial charge in [-0.2, -0.15) is 0 Å². The fraction of sp³-hybridized carbons (Fsp3) is 0.533. The molecule has 21 heavy (non-hydrogen) atoms. The second-order valence-corrected chi connectivity index (χ2v) is 5.58. The van der Waals surface area contributed by atoms with E-state index in [9.17, 15) is 19.5 Å². The first-order chi connectivity index (χ1) is 9.80.